The summed E-state index contributed by atoms with van der Waals surface area (Å²) in [7, 11) is 0. The zero-order valence-electron chi connectivity index (χ0n) is 13.2. The van der Waals surface area contributed by atoms with Crippen LogP contribution >= 0.6 is 0 Å². The Balaban J connectivity index is 1.51. The van der Waals surface area contributed by atoms with Crippen LogP contribution in [0.15, 0.2) is 18.2 Å². The van der Waals surface area contributed by atoms with Crippen LogP contribution in [0.25, 0.3) is 11.0 Å². The number of hydrogen-bond acceptors (Lipinski definition) is 5. The lowest BCUT2D eigenvalue weighted by atomic mass is 10.0. The molecule has 3 heterocycles. The van der Waals surface area contributed by atoms with Gasteiger partial charge in [-0.2, -0.15) is 0 Å². The Morgan fingerprint density at radius 1 is 1.26 bits per heavy atom. The van der Waals surface area contributed by atoms with Crippen molar-refractivity contribution in [3.63, 3.8) is 0 Å². The average molecular weight is 316 g/mol. The Morgan fingerprint density at radius 2 is 2.00 bits per heavy atom. The Labute approximate surface area is 134 Å². The van der Waals surface area contributed by atoms with Gasteiger partial charge in [-0.25, -0.2) is 4.68 Å². The fourth-order valence-corrected chi connectivity index (χ4v) is 3.36. The molecular weight excluding hydrogens is 296 g/mol. The van der Waals surface area contributed by atoms with E-state index >= 15 is 0 Å². The maximum atomic E-state index is 12.7. The van der Waals surface area contributed by atoms with E-state index in [0.29, 0.717) is 31.9 Å². The molecule has 7 heteroatoms. The van der Waals surface area contributed by atoms with Crippen molar-refractivity contribution < 1.29 is 14.3 Å². The molecule has 23 heavy (non-hydrogen) atoms. The summed E-state index contributed by atoms with van der Waals surface area (Å²) < 4.78 is 13.2. The van der Waals surface area contributed by atoms with Crippen LogP contribution in [0.5, 0.6) is 0 Å². The monoisotopic (exact) mass is 316 g/mol. The van der Waals surface area contributed by atoms with Crippen molar-refractivity contribution in [3.05, 3.63) is 23.8 Å². The van der Waals surface area contributed by atoms with Gasteiger partial charge in [0.05, 0.1) is 18.7 Å². The molecule has 4 rings (SSSR count). The molecule has 0 bridgehead atoms. The Bertz CT molecular complexity index is 726. The third-order valence-corrected chi connectivity index (χ3v) is 4.69. The SMILES string of the molecule is CCn1nnc2cc(C(=O)N3CCC4(CC3)OCCO4)ccc21. The minimum atomic E-state index is -0.454. The normalized spacial score (nSPS) is 20.5. The lowest BCUT2D eigenvalue weighted by Crippen LogP contribution is -2.47. The minimum Gasteiger partial charge on any atom is -0.347 e. The number of aryl methyl sites for hydroxylation is 1. The Hall–Kier alpha value is -1.99. The van der Waals surface area contributed by atoms with E-state index in [9.17, 15) is 4.79 Å². The highest BCUT2D eigenvalue weighted by molar-refractivity contribution is 5.97. The van der Waals surface area contributed by atoms with E-state index in [2.05, 4.69) is 10.3 Å². The first-order valence-electron chi connectivity index (χ1n) is 8.11. The van der Waals surface area contributed by atoms with Crippen LogP contribution in [0, 0.1) is 0 Å². The highest BCUT2D eigenvalue weighted by atomic mass is 16.7. The second kappa shape index (κ2) is 5.58. The number of piperidine rings is 1. The summed E-state index contributed by atoms with van der Waals surface area (Å²) in [6.07, 6.45) is 1.46. The lowest BCUT2D eigenvalue weighted by Gasteiger charge is -2.37. The van der Waals surface area contributed by atoms with Gasteiger partial charge in [-0.15, -0.1) is 5.10 Å². The largest absolute Gasteiger partial charge is 0.347 e. The zero-order valence-corrected chi connectivity index (χ0v) is 13.2. The molecule has 1 spiro atoms. The molecular formula is C16H20N4O3. The van der Waals surface area contributed by atoms with Gasteiger partial charge in [0.1, 0.15) is 5.52 Å². The third-order valence-electron chi connectivity index (χ3n) is 4.69. The summed E-state index contributed by atoms with van der Waals surface area (Å²) in [6, 6.07) is 5.59. The summed E-state index contributed by atoms with van der Waals surface area (Å²) in [5, 5.41) is 8.22. The van der Waals surface area contributed by atoms with Gasteiger partial charge in [0, 0.05) is 38.0 Å². The van der Waals surface area contributed by atoms with Crippen LogP contribution in [0.1, 0.15) is 30.1 Å². The number of nitrogens with zero attached hydrogens (tertiary/aromatic N) is 4. The van der Waals surface area contributed by atoms with E-state index in [1.807, 2.05) is 34.7 Å². The van der Waals surface area contributed by atoms with Gasteiger partial charge in [-0.05, 0) is 25.1 Å². The van der Waals surface area contributed by atoms with Crippen LogP contribution in [-0.2, 0) is 16.0 Å². The lowest BCUT2D eigenvalue weighted by molar-refractivity contribution is -0.181. The van der Waals surface area contributed by atoms with Crippen molar-refractivity contribution in [2.75, 3.05) is 26.3 Å². The molecule has 1 aromatic heterocycles. The molecule has 1 amide bonds. The predicted molar refractivity (Wildman–Crippen MR) is 83.0 cm³/mol. The highest BCUT2D eigenvalue weighted by Gasteiger charge is 2.40. The fraction of sp³-hybridized carbons (Fsp3) is 0.562. The molecule has 2 aliphatic rings. The molecule has 1 aromatic carbocycles. The summed E-state index contributed by atoms with van der Waals surface area (Å²) in [5.41, 5.74) is 2.37. The first kappa shape index (κ1) is 14.6. The van der Waals surface area contributed by atoms with Gasteiger partial charge in [-0.3, -0.25) is 4.79 Å². The number of hydrogen-bond donors (Lipinski definition) is 0. The average Bonchev–Trinajstić information content (AvgIpc) is 3.21. The van der Waals surface area contributed by atoms with Crippen LogP contribution in [-0.4, -0.2) is 57.9 Å². The van der Waals surface area contributed by atoms with Crippen LogP contribution in [0.2, 0.25) is 0 Å². The first-order chi connectivity index (χ1) is 11.2. The number of carbonyl (C=O) groups is 1. The number of likely N-dealkylation sites (tertiary alicyclic amines) is 1. The zero-order chi connectivity index (χ0) is 15.9. The maximum Gasteiger partial charge on any atom is 0.253 e. The van der Waals surface area contributed by atoms with Crippen molar-refractivity contribution in [1.82, 2.24) is 19.9 Å². The van der Waals surface area contributed by atoms with Crippen LogP contribution in [0.3, 0.4) is 0 Å². The van der Waals surface area contributed by atoms with E-state index in [0.717, 1.165) is 30.4 Å². The number of benzene rings is 1. The quantitative estimate of drug-likeness (QED) is 0.838. The molecule has 2 aliphatic heterocycles. The van der Waals surface area contributed by atoms with Crippen molar-refractivity contribution in [3.8, 4) is 0 Å². The minimum absolute atomic E-state index is 0.0331. The summed E-state index contributed by atoms with van der Waals surface area (Å²) >= 11 is 0. The number of amides is 1. The van der Waals surface area contributed by atoms with Gasteiger partial charge >= 0.3 is 0 Å². The van der Waals surface area contributed by atoms with Gasteiger partial charge in [-0.1, -0.05) is 5.21 Å². The van der Waals surface area contributed by atoms with Crippen LogP contribution < -0.4 is 0 Å². The molecule has 2 fully saturated rings. The second-order valence-corrected chi connectivity index (χ2v) is 6.01. The van der Waals surface area contributed by atoms with Gasteiger partial charge in [0.2, 0.25) is 0 Å². The van der Waals surface area contributed by atoms with E-state index in [1.165, 1.54) is 0 Å². The number of ether oxygens (including phenoxy) is 2. The fourth-order valence-electron chi connectivity index (χ4n) is 3.36. The summed E-state index contributed by atoms with van der Waals surface area (Å²) in [5.74, 6) is -0.421. The predicted octanol–water partition coefficient (Wildman–Crippen LogP) is 1.43. The summed E-state index contributed by atoms with van der Waals surface area (Å²) in [6.45, 7) is 5.38. The Morgan fingerprint density at radius 3 is 2.70 bits per heavy atom. The Kier molecular flexibility index (Phi) is 3.54. The van der Waals surface area contributed by atoms with E-state index in [-0.39, 0.29) is 5.91 Å². The van der Waals surface area contributed by atoms with Crippen molar-refractivity contribution in [2.24, 2.45) is 0 Å². The molecule has 2 saturated heterocycles. The highest BCUT2D eigenvalue weighted by Crippen LogP contribution is 2.31. The first-order valence-corrected chi connectivity index (χ1v) is 8.11. The molecule has 0 unspecified atom stereocenters. The van der Waals surface area contributed by atoms with Gasteiger partial charge in [0.15, 0.2) is 5.79 Å². The van der Waals surface area contributed by atoms with E-state index in [4.69, 9.17) is 9.47 Å². The topological polar surface area (TPSA) is 69.5 Å². The van der Waals surface area contributed by atoms with Gasteiger partial charge in [0.25, 0.3) is 5.91 Å². The second-order valence-electron chi connectivity index (χ2n) is 6.01. The summed E-state index contributed by atoms with van der Waals surface area (Å²) in [4.78, 5) is 14.6. The molecule has 122 valence electrons. The molecule has 0 radical (unpaired) electrons. The van der Waals surface area contributed by atoms with Crippen LogP contribution in [0.4, 0.5) is 0 Å². The molecule has 0 atom stereocenters. The van der Waals surface area contributed by atoms with Crippen molar-refractivity contribution in [2.45, 2.75) is 32.1 Å². The van der Waals surface area contributed by atoms with Crippen molar-refractivity contribution >= 4 is 16.9 Å². The number of fused-ring (bicyclic) bond motifs is 1. The number of aromatic nitrogens is 3. The molecule has 0 N–H and O–H groups in total. The molecule has 7 nitrogen and oxygen atoms in total. The van der Waals surface area contributed by atoms with E-state index in [1.54, 1.807) is 0 Å². The molecule has 2 aromatic rings. The number of carbonyl (C=O) groups excluding carboxylic acids is 1. The molecule has 0 aliphatic carbocycles. The maximum absolute atomic E-state index is 12.7. The smallest absolute Gasteiger partial charge is 0.253 e. The van der Waals surface area contributed by atoms with Crippen molar-refractivity contribution in [1.29, 1.82) is 0 Å². The third kappa shape index (κ3) is 2.49. The standard InChI is InChI=1S/C16H20N4O3/c1-2-20-14-4-3-12(11-13(14)17-18-20)15(21)19-7-5-16(6-8-19)22-9-10-23-16/h3-4,11H,2,5-10H2,1H3. The van der Waals surface area contributed by atoms with E-state index < -0.39 is 5.79 Å². The van der Waals surface area contributed by atoms with Gasteiger partial charge < -0.3 is 14.4 Å². The number of rotatable bonds is 2. The molecule has 0 saturated carbocycles.